The predicted octanol–water partition coefficient (Wildman–Crippen LogP) is 3.45. The minimum Gasteiger partial charge on any atom is -0.495 e. The molecule has 1 fully saturated rings. The minimum absolute atomic E-state index is 0.00409. The number of carbonyl (C=O) groups is 1. The molecule has 0 radical (unpaired) electrons. The zero-order chi connectivity index (χ0) is 21.2. The van der Waals surface area contributed by atoms with Crippen LogP contribution in [0.4, 0.5) is 4.39 Å². The molecule has 8 heteroatoms. The van der Waals surface area contributed by atoms with Gasteiger partial charge in [0.25, 0.3) is 5.91 Å². The highest BCUT2D eigenvalue weighted by Crippen LogP contribution is 2.31. The lowest BCUT2D eigenvalue weighted by molar-refractivity contribution is 0.0742. The predicted molar refractivity (Wildman–Crippen MR) is 108 cm³/mol. The van der Waals surface area contributed by atoms with Crippen LogP contribution in [0.1, 0.15) is 41.7 Å². The molecule has 1 aliphatic heterocycles. The fourth-order valence-corrected chi connectivity index (χ4v) is 5.12. The van der Waals surface area contributed by atoms with Crippen molar-refractivity contribution >= 4 is 15.9 Å². The molecule has 6 nitrogen and oxygen atoms in total. The maximum absolute atomic E-state index is 13.2. The Kier molecular flexibility index (Phi) is 6.24. The average Bonchev–Trinajstić information content (AvgIpc) is 3.28. The number of ether oxygens (including phenoxy) is 1. The summed E-state index contributed by atoms with van der Waals surface area (Å²) >= 11 is 0. The van der Waals surface area contributed by atoms with Crippen molar-refractivity contribution in [1.29, 1.82) is 0 Å². The van der Waals surface area contributed by atoms with Crippen LogP contribution < -0.4 is 4.74 Å². The van der Waals surface area contributed by atoms with Crippen molar-refractivity contribution in [3.63, 3.8) is 0 Å². The summed E-state index contributed by atoms with van der Waals surface area (Å²) in [5.74, 6) is -0.466. The van der Waals surface area contributed by atoms with Gasteiger partial charge in [0.2, 0.25) is 10.0 Å². The van der Waals surface area contributed by atoms with Gasteiger partial charge in [0, 0.05) is 25.7 Å². The standard InChI is InChI=1S/C21H25FN2O4S/c1-15(16-6-9-18(22)10-7-16)23(2)21(25)17-8-11-19(28-3)20(14-17)29(26,27)24-12-4-5-13-24/h6-11,14-15H,4-5,12-13H2,1-3H3. The van der Waals surface area contributed by atoms with E-state index >= 15 is 0 Å². The molecule has 0 N–H and O–H groups in total. The summed E-state index contributed by atoms with van der Waals surface area (Å²) < 4.78 is 45.9. The third-order valence-corrected chi connectivity index (χ3v) is 7.27. The Morgan fingerprint density at radius 1 is 1.14 bits per heavy atom. The van der Waals surface area contributed by atoms with Crippen LogP contribution in [0.2, 0.25) is 0 Å². The molecule has 1 atom stereocenters. The topological polar surface area (TPSA) is 66.9 Å². The van der Waals surface area contributed by atoms with Gasteiger partial charge in [-0.1, -0.05) is 12.1 Å². The molecule has 2 aromatic rings. The maximum Gasteiger partial charge on any atom is 0.254 e. The highest BCUT2D eigenvalue weighted by Gasteiger charge is 2.31. The number of carbonyl (C=O) groups excluding carboxylic acids is 1. The quantitative estimate of drug-likeness (QED) is 0.718. The van der Waals surface area contributed by atoms with E-state index in [-0.39, 0.29) is 34.0 Å². The van der Waals surface area contributed by atoms with Crippen molar-refractivity contribution in [2.45, 2.75) is 30.7 Å². The zero-order valence-electron chi connectivity index (χ0n) is 16.8. The Bertz CT molecular complexity index is 986. The first kappa shape index (κ1) is 21.3. The number of rotatable bonds is 6. The molecule has 2 aromatic carbocycles. The summed E-state index contributed by atoms with van der Waals surface area (Å²) in [7, 11) is -0.705. The minimum atomic E-state index is -3.74. The molecule has 156 valence electrons. The summed E-state index contributed by atoms with van der Waals surface area (Å²) in [6.45, 7) is 2.76. The Hall–Kier alpha value is -2.45. The molecule has 0 saturated carbocycles. The molecule has 1 heterocycles. The molecule has 0 aromatic heterocycles. The third-order valence-electron chi connectivity index (χ3n) is 5.35. The number of hydrogen-bond donors (Lipinski definition) is 0. The summed E-state index contributed by atoms with van der Waals surface area (Å²) in [5, 5.41) is 0. The van der Waals surface area contributed by atoms with Gasteiger partial charge in [-0.15, -0.1) is 0 Å². The van der Waals surface area contributed by atoms with Crippen LogP contribution in [0, 0.1) is 5.82 Å². The Labute approximate surface area is 170 Å². The van der Waals surface area contributed by atoms with Gasteiger partial charge in [-0.05, 0) is 55.7 Å². The van der Waals surface area contributed by atoms with Crippen LogP contribution in [-0.4, -0.2) is 50.8 Å². The zero-order valence-corrected chi connectivity index (χ0v) is 17.6. The molecular weight excluding hydrogens is 395 g/mol. The lowest BCUT2D eigenvalue weighted by Gasteiger charge is -2.26. The summed E-state index contributed by atoms with van der Waals surface area (Å²) in [5.41, 5.74) is 1.03. The lowest BCUT2D eigenvalue weighted by Crippen LogP contribution is -2.31. The molecule has 29 heavy (non-hydrogen) atoms. The fourth-order valence-electron chi connectivity index (χ4n) is 3.42. The lowest BCUT2D eigenvalue weighted by atomic mass is 10.1. The molecule has 3 rings (SSSR count). The van der Waals surface area contributed by atoms with Crippen molar-refractivity contribution in [3.05, 3.63) is 59.4 Å². The SMILES string of the molecule is COc1ccc(C(=O)N(C)C(C)c2ccc(F)cc2)cc1S(=O)(=O)N1CCCC1. The smallest absolute Gasteiger partial charge is 0.254 e. The van der Waals surface area contributed by atoms with E-state index in [2.05, 4.69) is 0 Å². The highest BCUT2D eigenvalue weighted by molar-refractivity contribution is 7.89. The largest absolute Gasteiger partial charge is 0.495 e. The first-order valence-corrected chi connectivity index (χ1v) is 10.9. The maximum atomic E-state index is 13.2. The second kappa shape index (κ2) is 8.51. The summed E-state index contributed by atoms with van der Waals surface area (Å²) in [6.07, 6.45) is 1.64. The number of nitrogens with zero attached hydrogens (tertiary/aromatic N) is 2. The molecule has 1 unspecified atom stereocenters. The van der Waals surface area contributed by atoms with Gasteiger partial charge in [-0.3, -0.25) is 4.79 Å². The molecule has 1 saturated heterocycles. The molecule has 0 bridgehead atoms. The van der Waals surface area contributed by atoms with Crippen molar-refractivity contribution in [3.8, 4) is 5.75 Å². The van der Waals surface area contributed by atoms with Crippen molar-refractivity contribution in [2.24, 2.45) is 0 Å². The van der Waals surface area contributed by atoms with Crippen molar-refractivity contribution < 1.29 is 22.3 Å². The second-order valence-corrected chi connectivity index (χ2v) is 9.03. The second-order valence-electron chi connectivity index (χ2n) is 7.12. The van der Waals surface area contributed by atoms with Gasteiger partial charge in [0.05, 0.1) is 13.2 Å². The molecule has 0 spiro atoms. The Morgan fingerprint density at radius 3 is 2.34 bits per heavy atom. The first-order valence-electron chi connectivity index (χ1n) is 9.46. The normalized spacial score (nSPS) is 15.9. The summed E-state index contributed by atoms with van der Waals surface area (Å²) in [6, 6.07) is 10.1. The van der Waals surface area contributed by atoms with Gasteiger partial charge in [-0.25, -0.2) is 12.8 Å². The van der Waals surface area contributed by atoms with E-state index in [1.54, 1.807) is 25.2 Å². The van der Waals surface area contributed by atoms with Crippen LogP contribution in [0.25, 0.3) is 0 Å². The Balaban J connectivity index is 1.92. The third kappa shape index (κ3) is 4.28. The first-order chi connectivity index (χ1) is 13.8. The van der Waals surface area contributed by atoms with Crippen LogP contribution in [0.15, 0.2) is 47.4 Å². The summed E-state index contributed by atoms with van der Waals surface area (Å²) in [4.78, 5) is 14.5. The molecule has 1 aliphatic rings. The van der Waals surface area contributed by atoms with Gasteiger partial charge >= 0.3 is 0 Å². The van der Waals surface area contributed by atoms with Crippen molar-refractivity contribution in [2.75, 3.05) is 27.2 Å². The van der Waals surface area contributed by atoms with Crippen LogP contribution in [-0.2, 0) is 10.0 Å². The van der Waals surface area contributed by atoms with Crippen LogP contribution in [0.3, 0.4) is 0 Å². The monoisotopic (exact) mass is 420 g/mol. The molecule has 1 amide bonds. The van der Waals surface area contributed by atoms with E-state index in [1.807, 2.05) is 6.92 Å². The van der Waals surface area contributed by atoms with Gasteiger partial charge in [0.1, 0.15) is 16.5 Å². The number of hydrogen-bond acceptors (Lipinski definition) is 4. The van der Waals surface area contributed by atoms with E-state index in [0.717, 1.165) is 18.4 Å². The number of methoxy groups -OCH3 is 1. The van der Waals surface area contributed by atoms with E-state index in [9.17, 15) is 17.6 Å². The van der Waals surface area contributed by atoms with E-state index < -0.39 is 10.0 Å². The average molecular weight is 421 g/mol. The number of sulfonamides is 1. The number of benzene rings is 2. The van der Waals surface area contributed by atoms with Crippen LogP contribution in [0.5, 0.6) is 5.75 Å². The van der Waals surface area contributed by atoms with Crippen LogP contribution >= 0.6 is 0 Å². The fraction of sp³-hybridized carbons (Fsp3) is 0.381. The van der Waals surface area contributed by atoms with E-state index in [0.29, 0.717) is 13.1 Å². The van der Waals surface area contributed by atoms with Gasteiger partial charge in [0.15, 0.2) is 0 Å². The van der Waals surface area contributed by atoms with Crippen molar-refractivity contribution in [1.82, 2.24) is 9.21 Å². The molecule has 0 aliphatic carbocycles. The van der Waals surface area contributed by atoms with E-state index in [4.69, 9.17) is 4.74 Å². The van der Waals surface area contributed by atoms with E-state index in [1.165, 1.54) is 40.6 Å². The Morgan fingerprint density at radius 2 is 1.76 bits per heavy atom. The number of halogens is 1. The highest BCUT2D eigenvalue weighted by atomic mass is 32.2. The van der Waals surface area contributed by atoms with Gasteiger partial charge < -0.3 is 9.64 Å². The van der Waals surface area contributed by atoms with Gasteiger partial charge in [-0.2, -0.15) is 4.31 Å². The molecular formula is C21H25FN2O4S. The number of amides is 1.